The zero-order valence-corrected chi connectivity index (χ0v) is 10.1. The predicted octanol–water partition coefficient (Wildman–Crippen LogP) is -0.877. The highest BCUT2D eigenvalue weighted by Crippen LogP contribution is 2.19. The molecule has 1 aliphatic rings. The second-order valence-electron chi connectivity index (χ2n) is 4.57. The molecule has 2 heterocycles. The van der Waals surface area contributed by atoms with Gasteiger partial charge in [-0.1, -0.05) is 0 Å². The molecule has 0 saturated carbocycles. The van der Waals surface area contributed by atoms with E-state index in [-0.39, 0.29) is 19.1 Å². The molecule has 0 aliphatic carbocycles. The lowest BCUT2D eigenvalue weighted by Gasteiger charge is -2.36. The first-order chi connectivity index (χ1) is 8.63. The number of rotatable bonds is 4. The van der Waals surface area contributed by atoms with Crippen molar-refractivity contribution in [3.8, 4) is 0 Å². The summed E-state index contributed by atoms with van der Waals surface area (Å²) in [4.78, 5) is 11.9. The summed E-state index contributed by atoms with van der Waals surface area (Å²) in [5.41, 5.74) is 5.48. The van der Waals surface area contributed by atoms with Crippen molar-refractivity contribution in [1.82, 2.24) is 15.1 Å². The van der Waals surface area contributed by atoms with Crippen LogP contribution in [0.5, 0.6) is 0 Å². The molecule has 4 N–H and O–H groups in total. The number of carbonyl (C=O) groups is 1. The Morgan fingerprint density at radius 1 is 1.61 bits per heavy atom. The van der Waals surface area contributed by atoms with Crippen LogP contribution < -0.4 is 11.1 Å². The quantitative estimate of drug-likeness (QED) is 0.647. The van der Waals surface area contributed by atoms with Gasteiger partial charge in [0, 0.05) is 19.4 Å². The Morgan fingerprint density at radius 2 is 2.33 bits per heavy atom. The molecule has 1 saturated heterocycles. The van der Waals surface area contributed by atoms with Gasteiger partial charge >= 0.3 is 0 Å². The number of amides is 1. The van der Waals surface area contributed by atoms with Crippen LogP contribution in [-0.2, 0) is 16.1 Å². The minimum Gasteiger partial charge on any atom is -0.396 e. The van der Waals surface area contributed by atoms with Crippen LogP contribution in [0.3, 0.4) is 0 Å². The Kier molecular flexibility index (Phi) is 3.83. The van der Waals surface area contributed by atoms with Crippen molar-refractivity contribution in [2.24, 2.45) is 0 Å². The first kappa shape index (κ1) is 12.8. The average Bonchev–Trinajstić information content (AvgIpc) is 2.75. The molecule has 2 rings (SSSR count). The monoisotopic (exact) mass is 254 g/mol. The average molecular weight is 254 g/mol. The Labute approximate surface area is 105 Å². The fourth-order valence-corrected chi connectivity index (χ4v) is 2.03. The van der Waals surface area contributed by atoms with Crippen molar-refractivity contribution in [3.63, 3.8) is 0 Å². The molecule has 0 aromatic carbocycles. The molecular weight excluding hydrogens is 236 g/mol. The third-order valence-electron chi connectivity index (χ3n) is 3.12. The molecule has 0 spiro atoms. The van der Waals surface area contributed by atoms with Gasteiger partial charge in [-0.2, -0.15) is 5.10 Å². The van der Waals surface area contributed by atoms with Crippen molar-refractivity contribution in [3.05, 3.63) is 12.4 Å². The standard InChI is InChI=1S/C11H18N4O3/c12-9-5-13-15(6-9)7-10(17)14-11(8-16)1-3-18-4-2-11/h5-6,16H,1-4,7-8,12H2,(H,14,17). The number of aliphatic hydroxyl groups excluding tert-OH is 1. The fourth-order valence-electron chi connectivity index (χ4n) is 2.03. The van der Waals surface area contributed by atoms with Gasteiger partial charge in [0.25, 0.3) is 0 Å². The molecular formula is C11H18N4O3. The summed E-state index contributed by atoms with van der Waals surface area (Å²) >= 11 is 0. The Hall–Kier alpha value is -1.60. The van der Waals surface area contributed by atoms with Gasteiger partial charge < -0.3 is 20.9 Å². The molecule has 1 aliphatic heterocycles. The van der Waals surface area contributed by atoms with Crippen molar-refractivity contribution in [2.45, 2.75) is 24.9 Å². The van der Waals surface area contributed by atoms with Crippen molar-refractivity contribution >= 4 is 11.6 Å². The number of nitrogen functional groups attached to an aromatic ring is 1. The second-order valence-corrected chi connectivity index (χ2v) is 4.57. The maximum absolute atomic E-state index is 11.9. The van der Waals surface area contributed by atoms with Crippen molar-refractivity contribution in [1.29, 1.82) is 0 Å². The van der Waals surface area contributed by atoms with E-state index >= 15 is 0 Å². The Morgan fingerprint density at radius 3 is 2.89 bits per heavy atom. The number of nitrogens with two attached hydrogens (primary N) is 1. The number of nitrogens with one attached hydrogen (secondary N) is 1. The van der Waals surface area contributed by atoms with Gasteiger partial charge in [0.15, 0.2) is 0 Å². The molecule has 18 heavy (non-hydrogen) atoms. The van der Waals surface area contributed by atoms with Gasteiger partial charge in [-0.3, -0.25) is 9.48 Å². The molecule has 1 aromatic heterocycles. The van der Waals surface area contributed by atoms with E-state index in [2.05, 4.69) is 10.4 Å². The highest BCUT2D eigenvalue weighted by atomic mass is 16.5. The second kappa shape index (κ2) is 5.36. The van der Waals surface area contributed by atoms with Gasteiger partial charge in [-0.15, -0.1) is 0 Å². The van der Waals surface area contributed by atoms with E-state index in [1.165, 1.54) is 10.9 Å². The van der Waals surface area contributed by atoms with Gasteiger partial charge in [0.2, 0.25) is 5.91 Å². The van der Waals surface area contributed by atoms with E-state index in [1.54, 1.807) is 6.20 Å². The maximum atomic E-state index is 11.9. The predicted molar refractivity (Wildman–Crippen MR) is 64.7 cm³/mol. The lowest BCUT2D eigenvalue weighted by Crippen LogP contribution is -2.55. The largest absolute Gasteiger partial charge is 0.396 e. The molecule has 100 valence electrons. The van der Waals surface area contributed by atoms with Gasteiger partial charge in [-0.05, 0) is 12.8 Å². The highest BCUT2D eigenvalue weighted by molar-refractivity contribution is 5.76. The normalized spacial score (nSPS) is 18.5. The minimum absolute atomic E-state index is 0.0800. The highest BCUT2D eigenvalue weighted by Gasteiger charge is 2.33. The van der Waals surface area contributed by atoms with Crippen LogP contribution in [0.4, 0.5) is 5.69 Å². The number of hydrogen-bond acceptors (Lipinski definition) is 5. The molecule has 7 heteroatoms. The Balaban J connectivity index is 1.93. The smallest absolute Gasteiger partial charge is 0.242 e. The number of aromatic nitrogens is 2. The molecule has 1 aromatic rings. The first-order valence-corrected chi connectivity index (χ1v) is 5.91. The van der Waals surface area contributed by atoms with E-state index < -0.39 is 5.54 Å². The van der Waals surface area contributed by atoms with E-state index in [0.717, 1.165) is 0 Å². The third-order valence-corrected chi connectivity index (χ3v) is 3.12. The van der Waals surface area contributed by atoms with Gasteiger partial charge in [0.05, 0.1) is 24.0 Å². The molecule has 1 amide bonds. The molecule has 1 fully saturated rings. The van der Waals surface area contributed by atoms with Crippen LogP contribution in [0.2, 0.25) is 0 Å². The van der Waals surface area contributed by atoms with E-state index in [0.29, 0.717) is 31.7 Å². The van der Waals surface area contributed by atoms with Crippen LogP contribution in [-0.4, -0.2) is 46.2 Å². The van der Waals surface area contributed by atoms with Crippen LogP contribution in [0, 0.1) is 0 Å². The topological polar surface area (TPSA) is 102 Å². The van der Waals surface area contributed by atoms with Crippen LogP contribution in [0.1, 0.15) is 12.8 Å². The van der Waals surface area contributed by atoms with Crippen LogP contribution in [0.15, 0.2) is 12.4 Å². The zero-order valence-electron chi connectivity index (χ0n) is 10.1. The summed E-state index contributed by atoms with van der Waals surface area (Å²) in [5, 5.41) is 16.3. The number of ether oxygens (including phenoxy) is 1. The van der Waals surface area contributed by atoms with Gasteiger partial charge in [-0.25, -0.2) is 0 Å². The first-order valence-electron chi connectivity index (χ1n) is 5.91. The number of nitrogens with zero attached hydrogens (tertiary/aromatic N) is 2. The van der Waals surface area contributed by atoms with E-state index in [1.807, 2.05) is 0 Å². The van der Waals surface area contributed by atoms with Crippen molar-refractivity contribution < 1.29 is 14.6 Å². The summed E-state index contributed by atoms with van der Waals surface area (Å²) in [6.07, 6.45) is 4.33. The number of carbonyl (C=O) groups excluding carboxylic acids is 1. The number of aliphatic hydroxyl groups is 1. The molecule has 0 bridgehead atoms. The maximum Gasteiger partial charge on any atom is 0.242 e. The number of anilines is 1. The minimum atomic E-state index is -0.561. The molecule has 0 radical (unpaired) electrons. The lowest BCUT2D eigenvalue weighted by molar-refractivity contribution is -0.126. The Bertz CT molecular complexity index is 412. The van der Waals surface area contributed by atoms with Crippen LogP contribution in [0.25, 0.3) is 0 Å². The summed E-state index contributed by atoms with van der Waals surface area (Å²) < 4.78 is 6.70. The molecule has 0 unspecified atom stereocenters. The summed E-state index contributed by atoms with van der Waals surface area (Å²) in [5.74, 6) is -0.186. The number of hydrogen-bond donors (Lipinski definition) is 3. The SMILES string of the molecule is Nc1cnn(CC(=O)NC2(CO)CCOCC2)c1. The van der Waals surface area contributed by atoms with Gasteiger partial charge in [0.1, 0.15) is 6.54 Å². The summed E-state index contributed by atoms with van der Waals surface area (Å²) in [7, 11) is 0. The summed E-state index contributed by atoms with van der Waals surface area (Å²) in [6, 6.07) is 0. The fraction of sp³-hybridized carbons (Fsp3) is 0.636. The lowest BCUT2D eigenvalue weighted by atomic mass is 9.91. The zero-order chi connectivity index (χ0) is 13.0. The molecule has 0 atom stereocenters. The van der Waals surface area contributed by atoms with E-state index in [4.69, 9.17) is 10.5 Å². The van der Waals surface area contributed by atoms with E-state index in [9.17, 15) is 9.90 Å². The third kappa shape index (κ3) is 2.99. The molecule has 7 nitrogen and oxygen atoms in total. The van der Waals surface area contributed by atoms with Crippen molar-refractivity contribution in [2.75, 3.05) is 25.6 Å². The van der Waals surface area contributed by atoms with Crippen LogP contribution >= 0.6 is 0 Å². The summed E-state index contributed by atoms with van der Waals surface area (Å²) in [6.45, 7) is 1.12.